The van der Waals surface area contributed by atoms with Crippen LogP contribution in [-0.4, -0.2) is 31.3 Å². The Morgan fingerprint density at radius 2 is 2.12 bits per heavy atom. The van der Waals surface area contributed by atoms with E-state index in [1.165, 1.54) is 0 Å². The van der Waals surface area contributed by atoms with E-state index in [-0.39, 0.29) is 0 Å². The molecule has 0 spiro atoms. The average Bonchev–Trinajstić information content (AvgIpc) is 2.38. The Labute approximate surface area is 108 Å². The molecule has 1 fully saturated rings. The molecule has 0 bridgehead atoms. The maximum absolute atomic E-state index is 5.90. The lowest BCUT2D eigenvalue weighted by Crippen LogP contribution is -2.37. The molecule has 0 radical (unpaired) electrons. The number of hydrogen-bond acceptors (Lipinski definition) is 3. The third-order valence-corrected chi connectivity index (χ3v) is 3.56. The summed E-state index contributed by atoms with van der Waals surface area (Å²) >= 11 is 5.90. The normalized spacial score (nSPS) is 17.1. The first-order valence-corrected chi connectivity index (χ1v) is 6.58. The molecule has 4 heteroatoms. The van der Waals surface area contributed by atoms with Gasteiger partial charge in [-0.1, -0.05) is 0 Å². The first-order valence-electron chi connectivity index (χ1n) is 6.05. The standard InChI is InChI=1S/C13H19ClN2O/c1-10-7-11(9-14)8-13(15-10)16(2)12-3-5-17-6-4-12/h7-8,12H,3-6,9H2,1-2H3. The minimum Gasteiger partial charge on any atom is -0.381 e. The predicted molar refractivity (Wildman–Crippen MR) is 70.8 cm³/mol. The van der Waals surface area contributed by atoms with Crippen LogP contribution in [0.25, 0.3) is 0 Å². The van der Waals surface area contributed by atoms with Crippen molar-refractivity contribution in [3.63, 3.8) is 0 Å². The second kappa shape index (κ2) is 5.69. The van der Waals surface area contributed by atoms with E-state index in [0.29, 0.717) is 11.9 Å². The number of aromatic nitrogens is 1. The van der Waals surface area contributed by atoms with E-state index in [1.54, 1.807) is 0 Å². The number of nitrogens with zero attached hydrogens (tertiary/aromatic N) is 2. The van der Waals surface area contributed by atoms with E-state index >= 15 is 0 Å². The third-order valence-electron chi connectivity index (χ3n) is 3.25. The largest absolute Gasteiger partial charge is 0.381 e. The lowest BCUT2D eigenvalue weighted by atomic mass is 10.1. The fourth-order valence-corrected chi connectivity index (χ4v) is 2.39. The van der Waals surface area contributed by atoms with Gasteiger partial charge < -0.3 is 9.64 Å². The monoisotopic (exact) mass is 254 g/mol. The number of rotatable bonds is 3. The summed E-state index contributed by atoms with van der Waals surface area (Å²) < 4.78 is 5.39. The van der Waals surface area contributed by atoms with Gasteiger partial charge >= 0.3 is 0 Å². The van der Waals surface area contributed by atoms with E-state index < -0.39 is 0 Å². The Hall–Kier alpha value is -0.800. The molecule has 1 aromatic heterocycles. The van der Waals surface area contributed by atoms with Crippen LogP contribution >= 0.6 is 11.6 Å². The molecule has 0 saturated carbocycles. The predicted octanol–water partition coefficient (Wildman–Crippen LogP) is 2.74. The van der Waals surface area contributed by atoms with Crippen LogP contribution in [0.2, 0.25) is 0 Å². The summed E-state index contributed by atoms with van der Waals surface area (Å²) in [5, 5.41) is 0. The van der Waals surface area contributed by atoms with Gasteiger partial charge in [0.15, 0.2) is 0 Å². The maximum Gasteiger partial charge on any atom is 0.129 e. The van der Waals surface area contributed by atoms with Crippen LogP contribution in [0.1, 0.15) is 24.1 Å². The zero-order chi connectivity index (χ0) is 12.3. The number of halogens is 1. The highest BCUT2D eigenvalue weighted by Crippen LogP contribution is 2.21. The van der Waals surface area contributed by atoms with Gasteiger partial charge in [-0.2, -0.15) is 0 Å². The van der Waals surface area contributed by atoms with Crippen molar-refractivity contribution in [1.82, 2.24) is 4.98 Å². The smallest absolute Gasteiger partial charge is 0.129 e. The Morgan fingerprint density at radius 1 is 1.41 bits per heavy atom. The van der Waals surface area contributed by atoms with Gasteiger partial charge in [0.25, 0.3) is 0 Å². The topological polar surface area (TPSA) is 25.4 Å². The summed E-state index contributed by atoms with van der Waals surface area (Å²) in [4.78, 5) is 6.84. The highest BCUT2D eigenvalue weighted by atomic mass is 35.5. The second-order valence-corrected chi connectivity index (χ2v) is 4.83. The van der Waals surface area contributed by atoms with Gasteiger partial charge in [-0.15, -0.1) is 11.6 Å². The molecule has 2 rings (SSSR count). The van der Waals surface area contributed by atoms with Gasteiger partial charge in [-0.25, -0.2) is 4.98 Å². The first kappa shape index (κ1) is 12.7. The lowest BCUT2D eigenvalue weighted by molar-refractivity contribution is 0.0853. The molecule has 1 saturated heterocycles. The molecule has 0 unspecified atom stereocenters. The van der Waals surface area contributed by atoms with Crippen LogP contribution in [0, 0.1) is 6.92 Å². The summed E-state index contributed by atoms with van der Waals surface area (Å²) in [5.41, 5.74) is 2.16. The molecule has 1 aromatic rings. The Bertz CT molecular complexity index is 378. The van der Waals surface area contributed by atoms with Gasteiger partial charge in [0, 0.05) is 37.9 Å². The van der Waals surface area contributed by atoms with Gasteiger partial charge in [0.2, 0.25) is 0 Å². The third kappa shape index (κ3) is 3.11. The van der Waals surface area contributed by atoms with Crippen molar-refractivity contribution < 1.29 is 4.74 Å². The van der Waals surface area contributed by atoms with Crippen molar-refractivity contribution in [1.29, 1.82) is 0 Å². The summed E-state index contributed by atoms with van der Waals surface area (Å²) in [6.07, 6.45) is 2.14. The number of ether oxygens (including phenoxy) is 1. The molecule has 0 aromatic carbocycles. The van der Waals surface area contributed by atoms with Crippen molar-refractivity contribution in [2.24, 2.45) is 0 Å². The number of pyridine rings is 1. The summed E-state index contributed by atoms with van der Waals surface area (Å²) in [7, 11) is 2.11. The molecule has 0 amide bonds. The van der Waals surface area contributed by atoms with Crippen molar-refractivity contribution in [3.8, 4) is 0 Å². The van der Waals surface area contributed by atoms with Crippen molar-refractivity contribution in [2.75, 3.05) is 25.2 Å². The highest BCUT2D eigenvalue weighted by Gasteiger charge is 2.19. The quantitative estimate of drug-likeness (QED) is 0.776. The Morgan fingerprint density at radius 3 is 2.76 bits per heavy atom. The molecule has 2 heterocycles. The van der Waals surface area contributed by atoms with E-state index in [1.807, 2.05) is 13.0 Å². The van der Waals surface area contributed by atoms with Crippen molar-refractivity contribution in [2.45, 2.75) is 31.7 Å². The highest BCUT2D eigenvalue weighted by molar-refractivity contribution is 6.17. The zero-order valence-electron chi connectivity index (χ0n) is 10.4. The summed E-state index contributed by atoms with van der Waals surface area (Å²) in [6, 6.07) is 4.64. The summed E-state index contributed by atoms with van der Waals surface area (Å²) in [6.45, 7) is 3.71. The molecular weight excluding hydrogens is 236 g/mol. The van der Waals surface area contributed by atoms with Crippen LogP contribution in [0.3, 0.4) is 0 Å². The molecule has 1 aliphatic rings. The fraction of sp³-hybridized carbons (Fsp3) is 0.615. The number of alkyl halides is 1. The van der Waals surface area contributed by atoms with Crippen LogP contribution in [0.15, 0.2) is 12.1 Å². The van der Waals surface area contributed by atoms with Gasteiger partial charge in [0.1, 0.15) is 5.82 Å². The van der Waals surface area contributed by atoms with Crippen LogP contribution in [0.4, 0.5) is 5.82 Å². The van der Waals surface area contributed by atoms with Crippen LogP contribution in [-0.2, 0) is 10.6 Å². The molecule has 0 atom stereocenters. The Kier molecular flexibility index (Phi) is 4.24. The van der Waals surface area contributed by atoms with E-state index in [9.17, 15) is 0 Å². The molecule has 0 N–H and O–H groups in total. The molecule has 3 nitrogen and oxygen atoms in total. The maximum atomic E-state index is 5.90. The molecular formula is C13H19ClN2O. The van der Waals surface area contributed by atoms with E-state index in [4.69, 9.17) is 16.3 Å². The number of aryl methyl sites for hydroxylation is 1. The molecule has 0 aliphatic carbocycles. The van der Waals surface area contributed by atoms with E-state index in [0.717, 1.165) is 43.1 Å². The van der Waals surface area contributed by atoms with Crippen molar-refractivity contribution >= 4 is 17.4 Å². The Balaban J connectivity index is 2.17. The number of anilines is 1. The molecule has 94 valence electrons. The molecule has 17 heavy (non-hydrogen) atoms. The lowest BCUT2D eigenvalue weighted by Gasteiger charge is -2.32. The number of hydrogen-bond donors (Lipinski definition) is 0. The molecule has 1 aliphatic heterocycles. The first-order chi connectivity index (χ1) is 8.20. The fourth-order valence-electron chi connectivity index (χ4n) is 2.24. The minimum atomic E-state index is 0.529. The average molecular weight is 255 g/mol. The minimum absolute atomic E-state index is 0.529. The van der Waals surface area contributed by atoms with E-state index in [2.05, 4.69) is 23.0 Å². The van der Waals surface area contributed by atoms with Crippen LogP contribution < -0.4 is 4.90 Å². The zero-order valence-corrected chi connectivity index (χ0v) is 11.2. The van der Waals surface area contributed by atoms with Gasteiger partial charge in [-0.05, 0) is 37.5 Å². The second-order valence-electron chi connectivity index (χ2n) is 4.56. The summed E-state index contributed by atoms with van der Waals surface area (Å²) in [5.74, 6) is 1.56. The van der Waals surface area contributed by atoms with Gasteiger partial charge in [0.05, 0.1) is 0 Å². The van der Waals surface area contributed by atoms with Crippen molar-refractivity contribution in [3.05, 3.63) is 23.4 Å². The SMILES string of the molecule is Cc1cc(CCl)cc(N(C)C2CCOCC2)n1. The van der Waals surface area contributed by atoms with Gasteiger partial charge in [-0.3, -0.25) is 0 Å². The van der Waals surface area contributed by atoms with Crippen LogP contribution in [0.5, 0.6) is 0 Å².